The summed E-state index contributed by atoms with van der Waals surface area (Å²) in [5, 5.41) is 2.65. The average molecular weight is 823 g/mol. The summed E-state index contributed by atoms with van der Waals surface area (Å²) in [6.07, 6.45) is 12.8. The molecule has 0 spiro atoms. The van der Waals surface area contributed by atoms with Crippen LogP contribution in [0, 0.1) is 20.8 Å². The van der Waals surface area contributed by atoms with E-state index < -0.39 is 0 Å². The maximum absolute atomic E-state index is 2.35. The van der Waals surface area contributed by atoms with Crippen molar-refractivity contribution in [1.29, 1.82) is 0 Å². The van der Waals surface area contributed by atoms with E-state index in [2.05, 4.69) is 251 Å². The number of aryl methyl sites for hydroxylation is 3. The van der Waals surface area contributed by atoms with Crippen LogP contribution in [-0.4, -0.2) is 0 Å². The van der Waals surface area contributed by atoms with Crippen molar-refractivity contribution >= 4 is 16.8 Å². The molecule has 0 atom stereocenters. The van der Waals surface area contributed by atoms with Crippen LogP contribution < -0.4 is 0 Å². The summed E-state index contributed by atoms with van der Waals surface area (Å²) in [5.41, 5.74) is 24.1. The van der Waals surface area contributed by atoms with E-state index >= 15 is 0 Å². The molecule has 0 N–H and O–H groups in total. The topological polar surface area (TPSA) is 0 Å². The van der Waals surface area contributed by atoms with Crippen LogP contribution in [0.25, 0.3) is 72.5 Å². The van der Waals surface area contributed by atoms with Crippen molar-refractivity contribution in [3.63, 3.8) is 0 Å². The lowest BCUT2D eigenvalue weighted by atomic mass is 9.94. The first-order valence-electron chi connectivity index (χ1n) is 22.5. The Hall–Kier alpha value is -7.54. The quantitative estimate of drug-likeness (QED) is 0.147. The summed E-state index contributed by atoms with van der Waals surface area (Å²) in [7, 11) is 0. The average Bonchev–Trinajstić information content (AvgIpc) is 3.93. The molecule has 2 aliphatic carbocycles. The molecule has 11 rings (SSSR count). The fourth-order valence-electron chi connectivity index (χ4n) is 8.94. The van der Waals surface area contributed by atoms with E-state index in [9.17, 15) is 0 Å². The van der Waals surface area contributed by atoms with Crippen molar-refractivity contribution in [3.05, 3.63) is 269 Å². The van der Waals surface area contributed by atoms with E-state index in [1.807, 2.05) is 6.92 Å². The molecule has 0 aromatic heterocycles. The lowest BCUT2D eigenvalue weighted by molar-refractivity contribution is 1.25. The minimum atomic E-state index is 1.03. The number of benzene rings is 9. The molecule has 0 radical (unpaired) electrons. The van der Waals surface area contributed by atoms with Crippen molar-refractivity contribution in [2.24, 2.45) is 0 Å². The second kappa shape index (κ2) is 19.2. The van der Waals surface area contributed by atoms with E-state index in [4.69, 9.17) is 0 Å². The zero-order valence-electron chi connectivity index (χ0n) is 37.4. The lowest BCUT2D eigenvalue weighted by Crippen LogP contribution is -1.86. The highest BCUT2D eigenvalue weighted by molar-refractivity contribution is 5.98. The summed E-state index contributed by atoms with van der Waals surface area (Å²) in [4.78, 5) is 0. The first-order valence-corrected chi connectivity index (χ1v) is 22.5. The predicted molar refractivity (Wildman–Crippen MR) is 277 cm³/mol. The number of allylic oxidation sites excluding steroid dienone is 5. The smallest absolute Gasteiger partial charge is 0.00132 e. The van der Waals surface area contributed by atoms with E-state index in [0.29, 0.717) is 0 Å². The van der Waals surface area contributed by atoms with Gasteiger partial charge in [0, 0.05) is 0 Å². The monoisotopic (exact) mass is 822 g/mol. The van der Waals surface area contributed by atoms with Gasteiger partial charge in [-0.1, -0.05) is 242 Å². The van der Waals surface area contributed by atoms with Crippen LogP contribution in [0.1, 0.15) is 45.9 Å². The van der Waals surface area contributed by atoms with E-state index in [1.54, 1.807) is 0 Å². The van der Waals surface area contributed by atoms with Gasteiger partial charge in [0.05, 0.1) is 0 Å². The Morgan fingerprint density at radius 2 is 0.875 bits per heavy atom. The van der Waals surface area contributed by atoms with Gasteiger partial charge in [0.2, 0.25) is 0 Å². The summed E-state index contributed by atoms with van der Waals surface area (Å²) in [6, 6.07) is 72.3. The van der Waals surface area contributed by atoms with Crippen LogP contribution in [0.2, 0.25) is 0 Å². The highest BCUT2D eigenvalue weighted by Gasteiger charge is 2.18. The Kier molecular flexibility index (Phi) is 12.6. The second-order valence-electron chi connectivity index (χ2n) is 17.1. The van der Waals surface area contributed by atoms with Crippen LogP contribution in [0.4, 0.5) is 0 Å². The molecule has 0 bridgehead atoms. The molecule has 0 heteroatoms. The Morgan fingerprint density at radius 1 is 0.359 bits per heavy atom. The highest BCUT2D eigenvalue weighted by atomic mass is 14.2. The molecule has 2 aliphatic rings. The molecule has 0 heterocycles. The SMILES string of the molecule is C/C=C\C=C/C1=Cc2ccc(-c3ccc(C)cc3)cc2C1.Cc1ccc(-c2ccc(-c3ccccc3)cc2)c2ccccc12.Cc1ccc(-c2ccc3c(c2)Cc2ccccc2-3)cc1. The summed E-state index contributed by atoms with van der Waals surface area (Å²) < 4.78 is 0. The number of hydrogen-bond donors (Lipinski definition) is 0. The largest absolute Gasteiger partial charge is 0.0877 e. The Balaban J connectivity index is 0.000000122. The summed E-state index contributed by atoms with van der Waals surface area (Å²) in [6.45, 7) is 8.46. The lowest BCUT2D eigenvalue weighted by Gasteiger charge is -2.10. The van der Waals surface area contributed by atoms with Gasteiger partial charge < -0.3 is 0 Å². The first-order chi connectivity index (χ1) is 31.4. The van der Waals surface area contributed by atoms with Gasteiger partial charge in [0.25, 0.3) is 0 Å². The molecule has 0 aliphatic heterocycles. The first kappa shape index (κ1) is 41.8. The molecule has 310 valence electrons. The van der Waals surface area contributed by atoms with Gasteiger partial charge in [0.1, 0.15) is 0 Å². The molecule has 0 saturated heterocycles. The Morgan fingerprint density at radius 3 is 1.58 bits per heavy atom. The van der Waals surface area contributed by atoms with Crippen LogP contribution >= 0.6 is 0 Å². The van der Waals surface area contributed by atoms with Crippen LogP contribution in [-0.2, 0) is 12.8 Å². The van der Waals surface area contributed by atoms with Crippen molar-refractivity contribution in [3.8, 4) is 55.6 Å². The molecule has 0 saturated carbocycles. The fourth-order valence-corrected chi connectivity index (χ4v) is 8.94. The van der Waals surface area contributed by atoms with Crippen LogP contribution in [0.5, 0.6) is 0 Å². The number of hydrogen-bond acceptors (Lipinski definition) is 0. The maximum Gasteiger partial charge on any atom is -0.00132 e. The molecular formula is C64H54. The summed E-state index contributed by atoms with van der Waals surface area (Å²) >= 11 is 0. The van der Waals surface area contributed by atoms with E-state index in [0.717, 1.165) is 12.8 Å². The zero-order chi connectivity index (χ0) is 43.8. The molecule has 0 unspecified atom stereocenters. The van der Waals surface area contributed by atoms with Crippen LogP contribution in [0.3, 0.4) is 0 Å². The Labute approximate surface area is 380 Å². The van der Waals surface area contributed by atoms with Gasteiger partial charge in [0.15, 0.2) is 0 Å². The molecule has 9 aromatic rings. The highest BCUT2D eigenvalue weighted by Crippen LogP contribution is 2.39. The fraction of sp³-hybridized carbons (Fsp3) is 0.0938. The number of rotatable bonds is 6. The van der Waals surface area contributed by atoms with Gasteiger partial charge in [-0.3, -0.25) is 0 Å². The van der Waals surface area contributed by atoms with Crippen molar-refractivity contribution in [2.75, 3.05) is 0 Å². The molecule has 0 amide bonds. The third-order valence-corrected chi connectivity index (χ3v) is 12.5. The number of fused-ring (bicyclic) bond motifs is 5. The molecule has 0 fully saturated rings. The third kappa shape index (κ3) is 9.43. The van der Waals surface area contributed by atoms with Gasteiger partial charge >= 0.3 is 0 Å². The zero-order valence-corrected chi connectivity index (χ0v) is 37.4. The third-order valence-electron chi connectivity index (χ3n) is 12.5. The molecular weight excluding hydrogens is 769 g/mol. The maximum atomic E-state index is 2.35. The molecule has 0 nitrogen and oxygen atoms in total. The van der Waals surface area contributed by atoms with Crippen molar-refractivity contribution < 1.29 is 0 Å². The van der Waals surface area contributed by atoms with Gasteiger partial charge in [-0.25, -0.2) is 0 Å². The van der Waals surface area contributed by atoms with Crippen molar-refractivity contribution in [2.45, 2.75) is 40.5 Å². The minimum absolute atomic E-state index is 1.03. The standard InChI is InChI=1S/C23H18.C21H20.C20H16/c1-17-11-16-22(23-10-6-5-9-21(17)23)20-14-12-19(13-15-20)18-7-3-2-4-8-18;1-3-4-5-6-17-13-19-11-12-20(15-21(19)14-17)18-9-7-16(2)8-10-18;1-14-6-8-15(9-7-14)16-10-11-20-18(12-16)13-17-4-2-3-5-19(17)20/h2-16H,1H3;3-13,15H,14H2,1-2H3;2-12H,13H2,1H3/b;4-3-,6-5-;. The summed E-state index contributed by atoms with van der Waals surface area (Å²) in [5.74, 6) is 0. The second-order valence-corrected chi connectivity index (χ2v) is 17.1. The van der Waals surface area contributed by atoms with Gasteiger partial charge in [-0.05, 0) is 140 Å². The van der Waals surface area contributed by atoms with E-state index in [1.165, 1.54) is 111 Å². The predicted octanol–water partition coefficient (Wildman–Crippen LogP) is 17.4. The normalized spacial score (nSPS) is 12.2. The van der Waals surface area contributed by atoms with Crippen LogP contribution in [0.15, 0.2) is 230 Å². The van der Waals surface area contributed by atoms with Crippen molar-refractivity contribution in [1.82, 2.24) is 0 Å². The Bertz CT molecular complexity index is 3140. The van der Waals surface area contributed by atoms with E-state index in [-0.39, 0.29) is 0 Å². The van der Waals surface area contributed by atoms with Gasteiger partial charge in [-0.15, -0.1) is 0 Å². The van der Waals surface area contributed by atoms with Gasteiger partial charge in [-0.2, -0.15) is 0 Å². The molecule has 9 aromatic carbocycles. The molecule has 64 heavy (non-hydrogen) atoms. The minimum Gasteiger partial charge on any atom is -0.0877 e.